The number of hydrogen-bond acceptors (Lipinski definition) is 3. The monoisotopic (exact) mass is 503 g/mol. The van der Waals surface area contributed by atoms with E-state index in [1.54, 1.807) is 0 Å². The molecule has 0 bridgehead atoms. The Morgan fingerprint density at radius 3 is 1.97 bits per heavy atom. The number of nitro groups is 1. The first-order valence-corrected chi connectivity index (χ1v) is 9.02. The lowest BCUT2D eigenvalue weighted by atomic mass is 9.94. The standard InChI is InChI=1S/C19H11F10N3O2/c1-9-6-10(2-4-13(9)32(33)34)8-31-14-5-3-11(7-12(14)30-15(31)17(21,22)23)16(20,18(24,25)26)19(27,28)29/h2-7H,8H2,1H3. The number of imidazole rings is 1. The summed E-state index contributed by atoms with van der Waals surface area (Å²) < 4.78 is 134. The van der Waals surface area contributed by atoms with E-state index in [1.165, 1.54) is 13.0 Å². The zero-order chi connectivity index (χ0) is 25.9. The highest BCUT2D eigenvalue weighted by atomic mass is 19.4. The summed E-state index contributed by atoms with van der Waals surface area (Å²) in [6, 6.07) is 3.87. The van der Waals surface area contributed by atoms with E-state index in [1.807, 2.05) is 0 Å². The van der Waals surface area contributed by atoms with Gasteiger partial charge in [0.15, 0.2) is 0 Å². The number of alkyl halides is 10. The lowest BCUT2D eigenvalue weighted by molar-refractivity contribution is -0.385. The van der Waals surface area contributed by atoms with Crippen molar-refractivity contribution in [3.05, 3.63) is 69.0 Å². The van der Waals surface area contributed by atoms with Crippen molar-refractivity contribution >= 4 is 16.7 Å². The van der Waals surface area contributed by atoms with Gasteiger partial charge in [0, 0.05) is 23.7 Å². The summed E-state index contributed by atoms with van der Waals surface area (Å²) >= 11 is 0. The highest BCUT2D eigenvalue weighted by Gasteiger charge is 2.73. The Morgan fingerprint density at radius 2 is 1.50 bits per heavy atom. The van der Waals surface area contributed by atoms with E-state index >= 15 is 0 Å². The molecule has 0 spiro atoms. The van der Waals surface area contributed by atoms with Gasteiger partial charge in [0.2, 0.25) is 5.82 Å². The summed E-state index contributed by atoms with van der Waals surface area (Å²) in [5, 5.41) is 10.9. The maximum atomic E-state index is 14.3. The molecule has 1 aromatic heterocycles. The van der Waals surface area contributed by atoms with Gasteiger partial charge in [-0.3, -0.25) is 10.1 Å². The minimum absolute atomic E-state index is 0.0386. The second-order valence-electron chi connectivity index (χ2n) is 7.25. The van der Waals surface area contributed by atoms with Crippen molar-refractivity contribution in [3.63, 3.8) is 0 Å². The molecule has 0 fully saturated rings. The molecule has 0 aliphatic carbocycles. The van der Waals surface area contributed by atoms with Gasteiger partial charge in [-0.15, -0.1) is 0 Å². The molecule has 0 amide bonds. The van der Waals surface area contributed by atoms with E-state index < -0.39 is 58.1 Å². The zero-order valence-electron chi connectivity index (χ0n) is 16.6. The van der Waals surface area contributed by atoms with E-state index in [0.29, 0.717) is 10.6 Å². The van der Waals surface area contributed by atoms with Crippen molar-refractivity contribution in [3.8, 4) is 0 Å². The van der Waals surface area contributed by atoms with Crippen molar-refractivity contribution in [1.29, 1.82) is 0 Å². The first kappa shape index (κ1) is 25.2. The summed E-state index contributed by atoms with van der Waals surface area (Å²) in [5.41, 5.74) is -9.44. The van der Waals surface area contributed by atoms with Crippen LogP contribution in [0.2, 0.25) is 0 Å². The molecule has 184 valence electrons. The molecule has 0 atom stereocenters. The molecule has 3 rings (SSSR count). The Morgan fingerprint density at radius 1 is 0.912 bits per heavy atom. The molecule has 0 radical (unpaired) electrons. The van der Waals surface area contributed by atoms with E-state index in [2.05, 4.69) is 4.98 Å². The van der Waals surface area contributed by atoms with Crippen LogP contribution in [0.15, 0.2) is 36.4 Å². The predicted molar refractivity (Wildman–Crippen MR) is 96.6 cm³/mol. The third-order valence-corrected chi connectivity index (χ3v) is 4.98. The molecule has 0 saturated carbocycles. The number of benzene rings is 2. The molecular weight excluding hydrogens is 492 g/mol. The minimum Gasteiger partial charge on any atom is -0.316 e. The van der Waals surface area contributed by atoms with Crippen LogP contribution in [-0.2, 0) is 18.4 Å². The number of nitro benzene ring substituents is 1. The number of rotatable bonds is 4. The number of fused-ring (bicyclic) bond motifs is 1. The number of hydrogen-bond donors (Lipinski definition) is 0. The van der Waals surface area contributed by atoms with E-state index in [4.69, 9.17) is 0 Å². The summed E-state index contributed by atoms with van der Waals surface area (Å²) in [6.45, 7) is 0.683. The molecule has 0 saturated heterocycles. The molecule has 2 aromatic carbocycles. The number of nitrogens with zero attached hydrogens (tertiary/aromatic N) is 3. The first-order valence-electron chi connectivity index (χ1n) is 9.02. The zero-order valence-corrected chi connectivity index (χ0v) is 16.6. The Kier molecular flexibility index (Phi) is 5.82. The SMILES string of the molecule is Cc1cc(Cn2c(C(F)(F)F)nc3cc(C(F)(C(F)(F)F)C(F)(F)F)ccc32)ccc1[N+](=O)[O-]. The van der Waals surface area contributed by atoms with Crippen LogP contribution in [0, 0.1) is 17.0 Å². The van der Waals surface area contributed by atoms with Gasteiger partial charge in [0.1, 0.15) is 0 Å². The maximum absolute atomic E-state index is 14.3. The molecule has 34 heavy (non-hydrogen) atoms. The average molecular weight is 503 g/mol. The lowest BCUT2D eigenvalue weighted by Crippen LogP contribution is -2.50. The third-order valence-electron chi connectivity index (χ3n) is 4.98. The van der Waals surface area contributed by atoms with Crippen LogP contribution >= 0.6 is 0 Å². The van der Waals surface area contributed by atoms with Gasteiger partial charge in [0.25, 0.3) is 5.69 Å². The van der Waals surface area contributed by atoms with Crippen LogP contribution in [0.4, 0.5) is 49.6 Å². The largest absolute Gasteiger partial charge is 0.449 e. The smallest absolute Gasteiger partial charge is 0.316 e. The average Bonchev–Trinajstić information content (AvgIpc) is 3.03. The molecule has 1 heterocycles. The molecule has 0 aliphatic rings. The van der Waals surface area contributed by atoms with Crippen LogP contribution in [0.5, 0.6) is 0 Å². The Balaban J connectivity index is 2.20. The normalized spacial score (nSPS) is 13.5. The van der Waals surface area contributed by atoms with Crippen LogP contribution in [0.25, 0.3) is 11.0 Å². The number of aryl methyl sites for hydroxylation is 1. The molecule has 3 aromatic rings. The van der Waals surface area contributed by atoms with Gasteiger partial charge in [-0.25, -0.2) is 9.37 Å². The van der Waals surface area contributed by atoms with E-state index in [9.17, 15) is 54.0 Å². The highest BCUT2D eigenvalue weighted by molar-refractivity contribution is 5.77. The maximum Gasteiger partial charge on any atom is 0.449 e. The quantitative estimate of drug-likeness (QED) is 0.229. The van der Waals surface area contributed by atoms with Gasteiger partial charge in [0.05, 0.1) is 16.0 Å². The minimum atomic E-state index is -6.45. The Bertz CT molecular complexity index is 1240. The van der Waals surface area contributed by atoms with Crippen molar-refractivity contribution in [2.45, 2.75) is 37.7 Å². The van der Waals surface area contributed by atoms with Crippen molar-refractivity contribution in [1.82, 2.24) is 9.55 Å². The fourth-order valence-electron chi connectivity index (χ4n) is 3.41. The molecule has 15 heteroatoms. The van der Waals surface area contributed by atoms with Crippen molar-refractivity contribution in [2.24, 2.45) is 0 Å². The Labute approximate surface area is 182 Å². The van der Waals surface area contributed by atoms with Gasteiger partial charge in [-0.05, 0) is 30.7 Å². The summed E-state index contributed by atoms with van der Waals surface area (Å²) in [6.07, 6.45) is -18.1. The van der Waals surface area contributed by atoms with Crippen LogP contribution in [0.1, 0.15) is 22.5 Å². The second-order valence-corrected chi connectivity index (χ2v) is 7.25. The van der Waals surface area contributed by atoms with Gasteiger partial charge < -0.3 is 4.57 Å². The molecule has 0 aliphatic heterocycles. The van der Waals surface area contributed by atoms with E-state index in [0.717, 1.165) is 12.1 Å². The van der Waals surface area contributed by atoms with E-state index in [-0.39, 0.29) is 28.9 Å². The summed E-state index contributed by atoms with van der Waals surface area (Å²) in [5.74, 6) is -1.67. The fraction of sp³-hybridized carbons (Fsp3) is 0.316. The topological polar surface area (TPSA) is 61.0 Å². The summed E-state index contributed by atoms with van der Waals surface area (Å²) in [7, 11) is 0. The van der Waals surface area contributed by atoms with Crippen molar-refractivity contribution < 1.29 is 48.8 Å². The van der Waals surface area contributed by atoms with Gasteiger partial charge in [-0.1, -0.05) is 12.1 Å². The summed E-state index contributed by atoms with van der Waals surface area (Å²) in [4.78, 5) is 13.3. The molecule has 0 unspecified atom stereocenters. The van der Waals surface area contributed by atoms with Crippen molar-refractivity contribution in [2.75, 3.05) is 0 Å². The van der Waals surface area contributed by atoms with Crippen LogP contribution < -0.4 is 0 Å². The second kappa shape index (κ2) is 7.84. The highest BCUT2D eigenvalue weighted by Crippen LogP contribution is 2.53. The molecule has 5 nitrogen and oxygen atoms in total. The predicted octanol–water partition coefficient (Wildman–Crippen LogP) is 6.61. The lowest BCUT2D eigenvalue weighted by Gasteiger charge is -2.30. The third kappa shape index (κ3) is 4.14. The van der Waals surface area contributed by atoms with Gasteiger partial charge in [-0.2, -0.15) is 39.5 Å². The van der Waals surface area contributed by atoms with Crippen LogP contribution in [-0.4, -0.2) is 26.8 Å². The van der Waals surface area contributed by atoms with Crippen LogP contribution in [0.3, 0.4) is 0 Å². The molecule has 0 N–H and O–H groups in total. The number of aromatic nitrogens is 2. The number of halogens is 10. The Hall–Kier alpha value is -3.39. The first-order chi connectivity index (χ1) is 15.4. The fourth-order valence-corrected chi connectivity index (χ4v) is 3.41. The van der Waals surface area contributed by atoms with Gasteiger partial charge >= 0.3 is 24.2 Å². The molecular formula is C19H11F10N3O2.